The van der Waals surface area contributed by atoms with Crippen LogP contribution in [0.4, 0.5) is 0 Å². The van der Waals surface area contributed by atoms with E-state index in [1.807, 2.05) is 0 Å². The highest BCUT2D eigenvalue weighted by Gasteiger charge is 2.28. The van der Waals surface area contributed by atoms with E-state index in [1.165, 1.54) is 0 Å². The molecule has 0 amide bonds. The van der Waals surface area contributed by atoms with Crippen LogP contribution in [-0.2, 0) is 4.74 Å². The van der Waals surface area contributed by atoms with Crippen LogP contribution in [0, 0.1) is 0 Å². The summed E-state index contributed by atoms with van der Waals surface area (Å²) in [5.74, 6) is -1.10. The monoisotopic (exact) mass is 162 g/mol. The zero-order chi connectivity index (χ0) is 7.84. The quantitative estimate of drug-likeness (QED) is 0.412. The van der Waals surface area contributed by atoms with Crippen molar-refractivity contribution in [2.24, 2.45) is 0 Å². The summed E-state index contributed by atoms with van der Waals surface area (Å²) in [6.45, 7) is 0. The Morgan fingerprint density at radius 2 is 1.33 bits per heavy atom. The molecule has 4 heteroatoms. The first-order valence-corrected chi connectivity index (χ1v) is 3.14. The number of esters is 2. The number of carbonyl (C=O) groups excluding carboxylic acids is 2. The van der Waals surface area contributed by atoms with Crippen LogP contribution < -0.4 is 6.15 Å². The number of rotatable bonds is 0. The molecule has 1 aliphatic heterocycles. The second kappa shape index (κ2) is 2.75. The summed E-state index contributed by atoms with van der Waals surface area (Å²) in [4.78, 5) is 21.7. The third kappa shape index (κ3) is 0.981. The van der Waals surface area contributed by atoms with Gasteiger partial charge >= 0.3 is 11.9 Å². The summed E-state index contributed by atoms with van der Waals surface area (Å²) >= 11 is 0. The molecule has 0 spiro atoms. The first-order valence-electron chi connectivity index (χ1n) is 3.14. The molecular weight excluding hydrogens is 158 g/mol. The molecule has 4 nitrogen and oxygen atoms in total. The number of hydrogen-bond acceptors (Lipinski definition) is 3. The minimum absolute atomic E-state index is 0. The molecule has 1 aromatic rings. The molecule has 59 valence electrons. The summed E-state index contributed by atoms with van der Waals surface area (Å²) in [5, 5.41) is 0. The fraction of sp³-hybridized carbons (Fsp3) is 0. The highest BCUT2D eigenvalue weighted by atomic mass is 16.6. The van der Waals surface area contributed by atoms with Crippen LogP contribution >= 0.6 is 0 Å². The predicted molar refractivity (Wildman–Crippen MR) is 38.3 cm³/mol. The van der Waals surface area contributed by atoms with Gasteiger partial charge in [-0.05, 0) is 12.1 Å². The summed E-state index contributed by atoms with van der Waals surface area (Å²) in [6.07, 6.45) is 0. The number of fused-ring (bicyclic) bond motifs is 1. The second-order valence-corrected chi connectivity index (χ2v) is 2.22. The Hall–Kier alpha value is -1.68. The van der Waals surface area contributed by atoms with Gasteiger partial charge in [-0.2, -0.15) is 0 Å². The fourth-order valence-corrected chi connectivity index (χ4v) is 1.03. The number of ether oxygens (including phenoxy) is 1. The molecule has 1 aromatic carbocycles. The maximum Gasteiger partial charge on any atom is 0.346 e. The molecule has 0 atom stereocenters. The standard InChI is InChI=1S/C8H4O3.N/c9-7-5-3-1-2-4-6(5)8(10)11-7;/h1-4H;. The lowest BCUT2D eigenvalue weighted by Crippen LogP contribution is -1.96. The topological polar surface area (TPSA) is 73.9 Å². The largest absolute Gasteiger partial charge is 0.386 e. The molecule has 0 saturated carbocycles. The van der Waals surface area contributed by atoms with Crippen molar-refractivity contribution < 1.29 is 14.3 Å². The van der Waals surface area contributed by atoms with Crippen LogP contribution in [0.5, 0.6) is 0 Å². The van der Waals surface area contributed by atoms with E-state index in [1.54, 1.807) is 24.3 Å². The first-order chi connectivity index (χ1) is 5.29. The minimum atomic E-state index is -0.550. The Morgan fingerprint density at radius 1 is 0.917 bits per heavy atom. The van der Waals surface area contributed by atoms with Gasteiger partial charge in [-0.3, -0.25) is 0 Å². The van der Waals surface area contributed by atoms with E-state index in [0.29, 0.717) is 11.1 Å². The van der Waals surface area contributed by atoms with Crippen molar-refractivity contribution in [2.75, 3.05) is 0 Å². The van der Waals surface area contributed by atoms with E-state index in [-0.39, 0.29) is 6.15 Å². The highest BCUT2D eigenvalue weighted by Crippen LogP contribution is 2.18. The molecule has 0 bridgehead atoms. The van der Waals surface area contributed by atoms with E-state index < -0.39 is 11.9 Å². The lowest BCUT2D eigenvalue weighted by molar-refractivity contribution is 0.0444. The maximum absolute atomic E-state index is 10.8. The zero-order valence-electron chi connectivity index (χ0n) is 5.98. The Labute approximate surface area is 68.7 Å². The van der Waals surface area contributed by atoms with E-state index in [9.17, 15) is 9.59 Å². The number of nitrogens with zero attached hydrogens (tertiary/aromatic N) is 1. The molecule has 0 aliphatic carbocycles. The maximum atomic E-state index is 10.8. The molecule has 1 aliphatic rings. The van der Waals surface area contributed by atoms with Gasteiger partial charge < -0.3 is 4.74 Å². The van der Waals surface area contributed by atoms with E-state index >= 15 is 0 Å². The molecule has 12 heavy (non-hydrogen) atoms. The van der Waals surface area contributed by atoms with Crippen LogP contribution in [0.1, 0.15) is 20.7 Å². The third-order valence-corrected chi connectivity index (χ3v) is 1.55. The number of benzene rings is 1. The van der Waals surface area contributed by atoms with Gasteiger partial charge in [-0.15, -0.1) is 0 Å². The van der Waals surface area contributed by atoms with Gasteiger partial charge in [-0.25, -0.2) is 9.59 Å². The van der Waals surface area contributed by atoms with E-state index in [2.05, 4.69) is 4.74 Å². The van der Waals surface area contributed by atoms with E-state index in [0.717, 1.165) is 0 Å². The molecule has 2 rings (SSSR count). The van der Waals surface area contributed by atoms with Crippen LogP contribution in [0.3, 0.4) is 0 Å². The van der Waals surface area contributed by atoms with Gasteiger partial charge in [-0.1, -0.05) is 12.1 Å². The number of cyclic esters (lactones) is 2. The lowest BCUT2D eigenvalue weighted by atomic mass is 10.1. The van der Waals surface area contributed by atoms with Crippen molar-refractivity contribution in [2.45, 2.75) is 0 Å². The lowest BCUT2D eigenvalue weighted by Gasteiger charge is -1.86. The van der Waals surface area contributed by atoms with Gasteiger partial charge in [0.25, 0.3) is 0 Å². The summed E-state index contributed by atoms with van der Waals surface area (Å²) < 4.78 is 4.35. The number of hydrogen-bond donors (Lipinski definition) is 0. The normalized spacial score (nSPS) is 13.3. The molecule has 0 N–H and O–H groups in total. The fourth-order valence-electron chi connectivity index (χ4n) is 1.03. The Balaban J connectivity index is 0.000000720. The third-order valence-electron chi connectivity index (χ3n) is 1.55. The van der Waals surface area contributed by atoms with Crippen molar-refractivity contribution >= 4 is 11.9 Å². The van der Waals surface area contributed by atoms with Crippen molar-refractivity contribution in [3.63, 3.8) is 0 Å². The minimum Gasteiger partial charge on any atom is -0.386 e. The van der Waals surface area contributed by atoms with Crippen LogP contribution in [0.25, 0.3) is 0 Å². The van der Waals surface area contributed by atoms with Gasteiger partial charge in [0.15, 0.2) is 0 Å². The number of carbonyl (C=O) groups is 2. The smallest absolute Gasteiger partial charge is 0.346 e. The first kappa shape index (κ1) is 8.42. The summed E-state index contributed by atoms with van der Waals surface area (Å²) in [7, 11) is 0. The molecule has 0 unspecified atom stereocenters. The van der Waals surface area contributed by atoms with Crippen molar-refractivity contribution in [1.29, 1.82) is 0 Å². The van der Waals surface area contributed by atoms with Crippen molar-refractivity contribution in [3.8, 4) is 0 Å². The Bertz CT molecular complexity index is 313. The van der Waals surface area contributed by atoms with Crippen LogP contribution in [0.15, 0.2) is 24.3 Å². The van der Waals surface area contributed by atoms with Crippen LogP contribution in [-0.4, -0.2) is 11.9 Å². The molecule has 0 fully saturated rings. The predicted octanol–water partition coefficient (Wildman–Crippen LogP) is 0.517. The Kier molecular flexibility index (Phi) is 1.93. The average Bonchev–Trinajstić information content (AvgIpc) is 2.30. The average molecular weight is 162 g/mol. The molecule has 1 heterocycles. The van der Waals surface area contributed by atoms with Gasteiger partial charge in [0.1, 0.15) is 0 Å². The highest BCUT2D eigenvalue weighted by molar-refractivity contribution is 6.14. The van der Waals surface area contributed by atoms with E-state index in [4.69, 9.17) is 0 Å². The summed E-state index contributed by atoms with van der Waals surface area (Å²) in [6, 6.07) is 6.53. The SMILES string of the molecule is O=C1OC(=O)c2ccccc21.[N]. The molecule has 0 saturated heterocycles. The second-order valence-electron chi connectivity index (χ2n) is 2.22. The van der Waals surface area contributed by atoms with Crippen molar-refractivity contribution in [3.05, 3.63) is 35.4 Å². The van der Waals surface area contributed by atoms with Gasteiger partial charge in [0, 0.05) is 6.15 Å². The van der Waals surface area contributed by atoms with Crippen LogP contribution in [0.2, 0.25) is 0 Å². The molecule has 0 aromatic heterocycles. The van der Waals surface area contributed by atoms with Gasteiger partial charge in [0.05, 0.1) is 11.1 Å². The Morgan fingerprint density at radius 3 is 1.75 bits per heavy atom. The molecule has 3 radical (unpaired) electrons. The van der Waals surface area contributed by atoms with Crippen molar-refractivity contribution in [1.82, 2.24) is 6.15 Å². The molecular formula is C8H4NO3. The van der Waals surface area contributed by atoms with Gasteiger partial charge in [0.2, 0.25) is 0 Å². The summed E-state index contributed by atoms with van der Waals surface area (Å²) in [5.41, 5.74) is 0.718. The zero-order valence-corrected chi connectivity index (χ0v) is 5.98.